The highest BCUT2D eigenvalue weighted by atomic mass is 79.9. The summed E-state index contributed by atoms with van der Waals surface area (Å²) >= 11 is 3.37. The largest absolute Gasteiger partial charge is 0.423 e. The molecule has 6 rings (SSSR count). The Morgan fingerprint density at radius 3 is 1.60 bits per heavy atom. The van der Waals surface area contributed by atoms with Crippen LogP contribution in [0.5, 0.6) is 5.75 Å². The summed E-state index contributed by atoms with van der Waals surface area (Å²) < 4.78 is 9.45. The summed E-state index contributed by atoms with van der Waals surface area (Å²) in [5.74, 6) is -0.856. The number of para-hydroxylation sites is 2. The Bertz CT molecular complexity index is 1920. The van der Waals surface area contributed by atoms with Gasteiger partial charge in [0, 0.05) is 21.8 Å². The van der Waals surface area contributed by atoms with Crippen LogP contribution < -0.4 is 15.9 Å². The number of hydrogen-bond acceptors (Lipinski definition) is 4. The van der Waals surface area contributed by atoms with Crippen LogP contribution in [0.3, 0.4) is 0 Å². The minimum absolute atomic E-state index is 0.259. The van der Waals surface area contributed by atoms with Crippen molar-refractivity contribution in [1.82, 2.24) is 19.6 Å². The minimum atomic E-state index is -0.710. The predicted molar refractivity (Wildman–Crippen MR) is 169 cm³/mol. The van der Waals surface area contributed by atoms with Crippen LogP contribution >= 0.6 is 15.9 Å². The molecule has 0 aliphatic rings. The highest BCUT2D eigenvalue weighted by Gasteiger charge is 2.31. The van der Waals surface area contributed by atoms with Gasteiger partial charge in [-0.3, -0.25) is 19.8 Å². The highest BCUT2D eigenvalue weighted by Crippen LogP contribution is 2.33. The minimum Gasteiger partial charge on any atom is -0.423 e. The van der Waals surface area contributed by atoms with Gasteiger partial charge in [0.2, 0.25) is 0 Å². The van der Waals surface area contributed by atoms with E-state index in [1.54, 1.807) is 48.5 Å². The van der Waals surface area contributed by atoms with Crippen LogP contribution in [0.4, 0.5) is 0 Å². The highest BCUT2D eigenvalue weighted by molar-refractivity contribution is 9.10. The molecule has 0 amide bonds. The first kappa shape index (κ1) is 28.0. The summed E-state index contributed by atoms with van der Waals surface area (Å²) in [6.45, 7) is 3.66. The van der Waals surface area contributed by atoms with Gasteiger partial charge in [0.25, 0.3) is 11.1 Å². The van der Waals surface area contributed by atoms with Crippen molar-refractivity contribution in [3.63, 3.8) is 0 Å². The molecule has 2 heterocycles. The first-order valence-corrected chi connectivity index (χ1v) is 14.4. The lowest BCUT2D eigenvalue weighted by molar-refractivity contribution is 0.0734. The van der Waals surface area contributed by atoms with E-state index >= 15 is 0 Å². The second kappa shape index (κ2) is 11.6. The van der Waals surface area contributed by atoms with Crippen molar-refractivity contribution in [3.8, 4) is 17.1 Å². The molecule has 0 spiro atoms. The fourth-order valence-corrected chi connectivity index (χ4v) is 5.54. The first-order valence-electron chi connectivity index (χ1n) is 13.6. The Kier molecular flexibility index (Phi) is 7.56. The predicted octanol–water partition coefficient (Wildman–Crippen LogP) is 6.42. The van der Waals surface area contributed by atoms with Crippen molar-refractivity contribution in [2.45, 2.75) is 19.8 Å². The van der Waals surface area contributed by atoms with Crippen molar-refractivity contribution >= 4 is 21.9 Å². The molecule has 0 aliphatic heterocycles. The van der Waals surface area contributed by atoms with Crippen molar-refractivity contribution in [2.75, 3.05) is 0 Å². The zero-order valence-corrected chi connectivity index (χ0v) is 25.0. The van der Waals surface area contributed by atoms with Crippen LogP contribution in [0.2, 0.25) is 0 Å². The Hall–Kier alpha value is -5.15. The number of nitrogens with one attached hydrogen (secondary N) is 2. The summed E-state index contributed by atoms with van der Waals surface area (Å²) in [4.78, 5) is 40.7. The van der Waals surface area contributed by atoms with Crippen molar-refractivity contribution < 1.29 is 9.53 Å². The van der Waals surface area contributed by atoms with E-state index in [9.17, 15) is 14.4 Å². The number of halogens is 1. The summed E-state index contributed by atoms with van der Waals surface area (Å²) in [5.41, 5.74) is 4.13. The molecular weight excluding hydrogens is 608 g/mol. The average molecular weight is 636 g/mol. The molecule has 0 saturated carbocycles. The Morgan fingerprint density at radius 1 is 0.674 bits per heavy atom. The number of esters is 1. The van der Waals surface area contributed by atoms with E-state index in [4.69, 9.17) is 4.74 Å². The van der Waals surface area contributed by atoms with Gasteiger partial charge < -0.3 is 4.74 Å². The lowest BCUT2D eigenvalue weighted by Crippen LogP contribution is -2.25. The van der Waals surface area contributed by atoms with E-state index in [-0.39, 0.29) is 11.1 Å². The van der Waals surface area contributed by atoms with E-state index in [2.05, 4.69) is 26.1 Å². The summed E-state index contributed by atoms with van der Waals surface area (Å²) in [6.07, 6.45) is 0. The second-order valence-electron chi connectivity index (χ2n) is 10.2. The molecular formula is C34H27BrN4O4. The molecule has 4 aromatic carbocycles. The smallest absolute Gasteiger partial charge is 0.343 e. The molecule has 0 atom stereocenters. The van der Waals surface area contributed by atoms with E-state index < -0.39 is 11.9 Å². The number of rotatable bonds is 7. The summed E-state index contributed by atoms with van der Waals surface area (Å²) in [5, 5.41) is 6.40. The Balaban J connectivity index is 1.46. The number of ether oxygens (including phenoxy) is 1. The summed E-state index contributed by atoms with van der Waals surface area (Å²) in [7, 11) is 0. The number of aromatic amines is 2. The van der Waals surface area contributed by atoms with Gasteiger partial charge >= 0.3 is 5.97 Å². The van der Waals surface area contributed by atoms with E-state index in [1.807, 2.05) is 74.5 Å². The number of H-pyrrole nitrogens is 2. The maximum absolute atomic E-state index is 14.0. The molecule has 214 valence electrons. The number of nitrogens with zero attached hydrogens (tertiary/aromatic N) is 2. The van der Waals surface area contributed by atoms with E-state index in [0.29, 0.717) is 50.8 Å². The Labute approximate surface area is 255 Å². The number of benzene rings is 4. The fourth-order valence-electron chi connectivity index (χ4n) is 5.27. The zero-order valence-electron chi connectivity index (χ0n) is 23.4. The van der Waals surface area contributed by atoms with Crippen LogP contribution in [-0.2, 0) is 0 Å². The van der Waals surface area contributed by atoms with Crippen LogP contribution in [0.25, 0.3) is 11.4 Å². The second-order valence-corrected chi connectivity index (χ2v) is 11.1. The van der Waals surface area contributed by atoms with Crippen LogP contribution in [0.15, 0.2) is 123 Å². The molecule has 0 saturated heterocycles. The third-order valence-corrected chi connectivity index (χ3v) is 7.87. The van der Waals surface area contributed by atoms with Gasteiger partial charge in [-0.15, -0.1) is 0 Å². The maximum Gasteiger partial charge on any atom is 0.343 e. The van der Waals surface area contributed by atoms with Gasteiger partial charge in [-0.1, -0.05) is 64.5 Å². The fraction of sp³-hybridized carbons (Fsp3) is 0.0882. The normalized spacial score (nSPS) is 11.2. The zero-order chi connectivity index (χ0) is 30.1. The number of carbonyl (C=O) groups excluding carboxylic acids is 1. The van der Waals surface area contributed by atoms with Gasteiger partial charge in [-0.05, 0) is 80.1 Å². The topological polar surface area (TPSA) is 102 Å². The Morgan fingerprint density at radius 2 is 1.14 bits per heavy atom. The first-order chi connectivity index (χ1) is 20.8. The van der Waals surface area contributed by atoms with E-state index in [1.165, 1.54) is 9.36 Å². The van der Waals surface area contributed by atoms with Crippen LogP contribution in [0.1, 0.15) is 44.4 Å². The van der Waals surface area contributed by atoms with Crippen LogP contribution in [0, 0.1) is 13.8 Å². The third-order valence-electron chi connectivity index (χ3n) is 7.34. The standard InChI is InChI=1S/C34H27BrN4O4/c1-21-29(32(40)38(36-21)26-9-5-3-6-10-26)31(30-22(2)37-39(33(30)41)27-11-7-4-8-12-27)23-15-19-28(20-16-23)43-34(42)24-13-17-25(35)18-14-24/h3-20,31,36-37H,1-2H3. The van der Waals surface area contributed by atoms with Gasteiger partial charge in [0.1, 0.15) is 5.75 Å². The number of carbonyl (C=O) groups is 1. The van der Waals surface area contributed by atoms with Gasteiger partial charge in [-0.25, -0.2) is 14.2 Å². The molecule has 43 heavy (non-hydrogen) atoms. The molecule has 0 fully saturated rings. The molecule has 2 N–H and O–H groups in total. The summed E-state index contributed by atoms with van der Waals surface area (Å²) in [6, 6.07) is 32.4. The molecule has 0 unspecified atom stereocenters. The number of hydrogen-bond donors (Lipinski definition) is 2. The lowest BCUT2D eigenvalue weighted by atomic mass is 9.85. The third kappa shape index (κ3) is 5.42. The van der Waals surface area contributed by atoms with Crippen LogP contribution in [-0.4, -0.2) is 25.5 Å². The van der Waals surface area contributed by atoms with E-state index in [0.717, 1.165) is 4.47 Å². The monoisotopic (exact) mass is 634 g/mol. The van der Waals surface area contributed by atoms with Crippen molar-refractivity contribution in [1.29, 1.82) is 0 Å². The molecule has 8 nitrogen and oxygen atoms in total. The average Bonchev–Trinajstić information content (AvgIpc) is 3.49. The van der Waals surface area contributed by atoms with Gasteiger partial charge in [-0.2, -0.15) is 0 Å². The quantitative estimate of drug-likeness (QED) is 0.156. The molecule has 0 bridgehead atoms. The van der Waals surface area contributed by atoms with Gasteiger partial charge in [0.05, 0.1) is 28.1 Å². The molecule has 0 radical (unpaired) electrons. The molecule has 2 aromatic heterocycles. The number of aryl methyl sites for hydroxylation is 2. The van der Waals surface area contributed by atoms with Crippen molar-refractivity contribution in [2.24, 2.45) is 0 Å². The lowest BCUT2D eigenvalue weighted by Gasteiger charge is -2.16. The molecule has 6 aromatic rings. The molecule has 0 aliphatic carbocycles. The maximum atomic E-state index is 14.0. The SMILES string of the molecule is Cc1[nH]n(-c2ccccc2)c(=O)c1C(c1ccc(OC(=O)c2ccc(Br)cc2)cc1)c1c(C)[nH]n(-c2ccccc2)c1=O. The number of aromatic nitrogens is 4. The molecule has 9 heteroatoms. The van der Waals surface area contributed by atoms with Crippen molar-refractivity contribution in [3.05, 3.63) is 168 Å². The van der Waals surface area contributed by atoms with Gasteiger partial charge in [0.15, 0.2) is 0 Å².